The standard InChI is InChI=1S/C28H31FN2O3/c1-3-17-30-28(33)25(18-22-9-5-4-6-10-22)31(19-23-15-13-21(2)14-16-23)27(32)20-34-26-12-8-7-11-24(26)29/h4-16,25H,3,17-20H2,1-2H3,(H,30,33). The highest BCUT2D eigenvalue weighted by molar-refractivity contribution is 5.88. The number of halogens is 1. The van der Waals surface area contributed by atoms with Crippen LogP contribution in [0, 0.1) is 12.7 Å². The Labute approximate surface area is 200 Å². The Kier molecular flexibility index (Phi) is 9.21. The van der Waals surface area contributed by atoms with E-state index in [0.29, 0.717) is 13.0 Å². The van der Waals surface area contributed by atoms with Crippen molar-refractivity contribution in [1.82, 2.24) is 10.2 Å². The van der Waals surface area contributed by atoms with Crippen LogP contribution in [0.2, 0.25) is 0 Å². The van der Waals surface area contributed by atoms with Gasteiger partial charge in [-0.3, -0.25) is 9.59 Å². The zero-order valence-corrected chi connectivity index (χ0v) is 19.7. The molecule has 0 aliphatic carbocycles. The molecule has 0 aliphatic rings. The lowest BCUT2D eigenvalue weighted by Gasteiger charge is -2.31. The molecule has 0 radical (unpaired) electrons. The van der Waals surface area contributed by atoms with Crippen molar-refractivity contribution in [2.24, 2.45) is 0 Å². The predicted molar refractivity (Wildman–Crippen MR) is 131 cm³/mol. The lowest BCUT2D eigenvalue weighted by atomic mass is 10.0. The number of carbonyl (C=O) groups excluding carboxylic acids is 2. The van der Waals surface area contributed by atoms with Gasteiger partial charge in [-0.15, -0.1) is 0 Å². The molecule has 5 nitrogen and oxygen atoms in total. The van der Waals surface area contributed by atoms with Crippen LogP contribution in [0.3, 0.4) is 0 Å². The summed E-state index contributed by atoms with van der Waals surface area (Å²) < 4.78 is 19.5. The molecular formula is C28H31FN2O3. The summed E-state index contributed by atoms with van der Waals surface area (Å²) >= 11 is 0. The molecule has 1 N–H and O–H groups in total. The van der Waals surface area contributed by atoms with E-state index in [2.05, 4.69) is 5.32 Å². The van der Waals surface area contributed by atoms with E-state index in [0.717, 1.165) is 23.1 Å². The SMILES string of the molecule is CCCNC(=O)C(Cc1ccccc1)N(Cc1ccc(C)cc1)C(=O)COc1ccccc1F. The fourth-order valence-corrected chi connectivity index (χ4v) is 3.59. The summed E-state index contributed by atoms with van der Waals surface area (Å²) in [6.07, 6.45) is 1.14. The van der Waals surface area contributed by atoms with Gasteiger partial charge in [0.05, 0.1) is 0 Å². The molecule has 0 bridgehead atoms. The number of hydrogen-bond donors (Lipinski definition) is 1. The van der Waals surface area contributed by atoms with Crippen molar-refractivity contribution in [2.75, 3.05) is 13.2 Å². The van der Waals surface area contributed by atoms with E-state index in [1.54, 1.807) is 12.1 Å². The maximum Gasteiger partial charge on any atom is 0.261 e. The number of para-hydroxylation sites is 1. The van der Waals surface area contributed by atoms with Gasteiger partial charge in [0, 0.05) is 19.5 Å². The normalized spacial score (nSPS) is 11.5. The topological polar surface area (TPSA) is 58.6 Å². The molecule has 0 aliphatic heterocycles. The molecule has 178 valence electrons. The molecule has 0 heterocycles. The molecule has 6 heteroatoms. The van der Waals surface area contributed by atoms with Crippen LogP contribution in [0.5, 0.6) is 5.75 Å². The first-order valence-electron chi connectivity index (χ1n) is 11.5. The number of nitrogens with one attached hydrogen (secondary N) is 1. The minimum atomic E-state index is -0.744. The Morgan fingerprint density at radius 2 is 1.62 bits per heavy atom. The van der Waals surface area contributed by atoms with E-state index in [1.807, 2.05) is 68.4 Å². The van der Waals surface area contributed by atoms with E-state index in [1.165, 1.54) is 17.0 Å². The van der Waals surface area contributed by atoms with Crippen LogP contribution in [0.15, 0.2) is 78.9 Å². The van der Waals surface area contributed by atoms with Crippen molar-refractivity contribution in [2.45, 2.75) is 39.3 Å². The molecule has 3 aromatic rings. The van der Waals surface area contributed by atoms with Gasteiger partial charge >= 0.3 is 0 Å². The summed E-state index contributed by atoms with van der Waals surface area (Å²) in [5, 5.41) is 2.93. The van der Waals surface area contributed by atoms with E-state index in [4.69, 9.17) is 4.74 Å². The minimum Gasteiger partial charge on any atom is -0.481 e. The number of benzene rings is 3. The van der Waals surface area contributed by atoms with Crippen LogP contribution >= 0.6 is 0 Å². The van der Waals surface area contributed by atoms with E-state index < -0.39 is 17.8 Å². The smallest absolute Gasteiger partial charge is 0.261 e. The lowest BCUT2D eigenvalue weighted by Crippen LogP contribution is -2.51. The summed E-state index contributed by atoms with van der Waals surface area (Å²) in [6.45, 7) is 4.34. The fourth-order valence-electron chi connectivity index (χ4n) is 3.59. The molecule has 2 amide bonds. The largest absolute Gasteiger partial charge is 0.481 e. The predicted octanol–water partition coefficient (Wildman–Crippen LogP) is 4.68. The van der Waals surface area contributed by atoms with E-state index >= 15 is 0 Å². The van der Waals surface area contributed by atoms with Crippen LogP contribution in [-0.4, -0.2) is 35.9 Å². The monoisotopic (exact) mass is 462 g/mol. The fraction of sp³-hybridized carbons (Fsp3) is 0.286. The zero-order chi connectivity index (χ0) is 24.3. The summed E-state index contributed by atoms with van der Waals surface area (Å²) in [4.78, 5) is 28.2. The Morgan fingerprint density at radius 3 is 2.29 bits per heavy atom. The molecule has 0 fully saturated rings. The maximum absolute atomic E-state index is 14.0. The Bertz CT molecular complexity index is 1070. The third kappa shape index (κ3) is 7.17. The quantitative estimate of drug-likeness (QED) is 0.450. The molecule has 0 saturated heterocycles. The third-order valence-electron chi connectivity index (χ3n) is 5.48. The first-order chi connectivity index (χ1) is 16.5. The van der Waals surface area contributed by atoms with Gasteiger partial charge in [-0.05, 0) is 36.6 Å². The molecule has 34 heavy (non-hydrogen) atoms. The maximum atomic E-state index is 14.0. The number of rotatable bonds is 11. The molecule has 0 aromatic heterocycles. The number of hydrogen-bond acceptors (Lipinski definition) is 3. The highest BCUT2D eigenvalue weighted by Gasteiger charge is 2.30. The first kappa shape index (κ1) is 25.0. The van der Waals surface area contributed by atoms with Gasteiger partial charge in [0.1, 0.15) is 6.04 Å². The highest BCUT2D eigenvalue weighted by Crippen LogP contribution is 2.18. The second-order valence-electron chi connectivity index (χ2n) is 8.22. The van der Waals surface area contributed by atoms with E-state index in [9.17, 15) is 14.0 Å². The molecule has 3 rings (SSSR count). The number of aryl methyl sites for hydroxylation is 1. The van der Waals surface area contributed by atoms with Crippen molar-refractivity contribution in [3.05, 3.63) is 101 Å². The minimum absolute atomic E-state index is 0.00109. The van der Waals surface area contributed by atoms with Gasteiger partial charge in [0.15, 0.2) is 18.2 Å². The van der Waals surface area contributed by atoms with Crippen LogP contribution in [0.1, 0.15) is 30.0 Å². The van der Waals surface area contributed by atoms with Crippen molar-refractivity contribution >= 4 is 11.8 Å². The van der Waals surface area contributed by atoms with Gasteiger partial charge in [0.2, 0.25) is 5.91 Å². The average molecular weight is 463 g/mol. The summed E-state index contributed by atoms with van der Waals surface area (Å²) in [5.74, 6) is -1.16. The van der Waals surface area contributed by atoms with Crippen LogP contribution in [-0.2, 0) is 22.6 Å². The molecule has 1 unspecified atom stereocenters. The zero-order valence-electron chi connectivity index (χ0n) is 19.7. The van der Waals surface area contributed by atoms with Crippen LogP contribution in [0.25, 0.3) is 0 Å². The molecule has 1 atom stereocenters. The molecular weight excluding hydrogens is 431 g/mol. The Morgan fingerprint density at radius 1 is 0.941 bits per heavy atom. The summed E-state index contributed by atoms with van der Waals surface area (Å²) in [5.41, 5.74) is 2.94. The average Bonchev–Trinajstić information content (AvgIpc) is 2.85. The van der Waals surface area contributed by atoms with Gasteiger partial charge in [-0.1, -0.05) is 79.2 Å². The second kappa shape index (κ2) is 12.5. The van der Waals surface area contributed by atoms with Crippen molar-refractivity contribution < 1.29 is 18.7 Å². The van der Waals surface area contributed by atoms with Crippen molar-refractivity contribution in [3.8, 4) is 5.75 Å². The van der Waals surface area contributed by atoms with E-state index in [-0.39, 0.29) is 24.8 Å². The number of carbonyl (C=O) groups is 2. The highest BCUT2D eigenvalue weighted by atomic mass is 19.1. The van der Waals surface area contributed by atoms with Gasteiger partial charge in [0.25, 0.3) is 5.91 Å². The summed E-state index contributed by atoms with van der Waals surface area (Å²) in [7, 11) is 0. The van der Waals surface area contributed by atoms with Gasteiger partial charge < -0.3 is 15.0 Å². The Balaban J connectivity index is 1.89. The van der Waals surface area contributed by atoms with Gasteiger partial charge in [-0.25, -0.2) is 4.39 Å². The summed E-state index contributed by atoms with van der Waals surface area (Å²) in [6, 6.07) is 22.6. The number of nitrogens with zero attached hydrogens (tertiary/aromatic N) is 1. The van der Waals surface area contributed by atoms with Gasteiger partial charge in [-0.2, -0.15) is 0 Å². The first-order valence-corrected chi connectivity index (χ1v) is 11.5. The lowest BCUT2D eigenvalue weighted by molar-refractivity contribution is -0.142. The second-order valence-corrected chi connectivity index (χ2v) is 8.22. The molecule has 0 saturated carbocycles. The number of ether oxygens (including phenoxy) is 1. The molecule has 3 aromatic carbocycles. The van der Waals surface area contributed by atoms with Crippen LogP contribution in [0.4, 0.5) is 4.39 Å². The number of amides is 2. The van der Waals surface area contributed by atoms with Crippen molar-refractivity contribution in [1.29, 1.82) is 0 Å². The molecule has 0 spiro atoms. The Hall–Kier alpha value is -3.67. The van der Waals surface area contributed by atoms with Crippen molar-refractivity contribution in [3.63, 3.8) is 0 Å². The van der Waals surface area contributed by atoms with Crippen LogP contribution < -0.4 is 10.1 Å². The third-order valence-corrected chi connectivity index (χ3v) is 5.48.